The lowest BCUT2D eigenvalue weighted by molar-refractivity contribution is 0.340. The van der Waals surface area contributed by atoms with Crippen molar-refractivity contribution in [3.05, 3.63) is 58.9 Å². The summed E-state index contributed by atoms with van der Waals surface area (Å²) in [5.41, 5.74) is 1.39. The summed E-state index contributed by atoms with van der Waals surface area (Å²) < 4.78 is 5.47. The topological polar surface area (TPSA) is 55.0 Å². The van der Waals surface area contributed by atoms with E-state index in [1.807, 2.05) is 49.4 Å². The first-order valence-corrected chi connectivity index (χ1v) is 6.50. The van der Waals surface area contributed by atoms with E-state index in [1.165, 1.54) is 0 Å². The molecule has 0 unspecified atom stereocenters. The number of benzene rings is 2. The van der Waals surface area contributed by atoms with Crippen LogP contribution in [-0.2, 0) is 0 Å². The van der Waals surface area contributed by atoms with E-state index in [2.05, 4.69) is 9.97 Å². The Bertz CT molecular complexity index is 809. The highest BCUT2D eigenvalue weighted by Gasteiger charge is 2.06. The number of H-pyrrole nitrogens is 1. The molecule has 0 amide bonds. The smallest absolute Gasteiger partial charge is 0.259 e. The summed E-state index contributed by atoms with van der Waals surface area (Å²) in [5.74, 6) is 1.32. The van der Waals surface area contributed by atoms with Gasteiger partial charge in [-0.1, -0.05) is 24.3 Å². The molecule has 4 nitrogen and oxygen atoms in total. The van der Waals surface area contributed by atoms with Crippen molar-refractivity contribution in [3.63, 3.8) is 0 Å². The Morgan fingerprint density at radius 2 is 2.00 bits per heavy atom. The molecule has 0 atom stereocenters. The molecule has 0 saturated carbocycles. The van der Waals surface area contributed by atoms with E-state index in [-0.39, 0.29) is 5.56 Å². The van der Waals surface area contributed by atoms with Crippen LogP contribution in [0.15, 0.2) is 53.3 Å². The van der Waals surface area contributed by atoms with Gasteiger partial charge in [-0.3, -0.25) is 4.79 Å². The van der Waals surface area contributed by atoms with Crippen LogP contribution >= 0.6 is 0 Å². The maximum absolute atomic E-state index is 12.1. The second-order valence-corrected chi connectivity index (χ2v) is 4.39. The number of hydrogen-bond acceptors (Lipinski definition) is 3. The molecule has 100 valence electrons. The summed E-state index contributed by atoms with van der Waals surface area (Å²) >= 11 is 0. The highest BCUT2D eigenvalue weighted by molar-refractivity contribution is 5.79. The van der Waals surface area contributed by atoms with Crippen LogP contribution in [0.3, 0.4) is 0 Å². The number of nitrogens with one attached hydrogen (secondary N) is 1. The Morgan fingerprint density at radius 1 is 1.15 bits per heavy atom. The van der Waals surface area contributed by atoms with Gasteiger partial charge in [0.1, 0.15) is 11.6 Å². The minimum Gasteiger partial charge on any atom is -0.494 e. The van der Waals surface area contributed by atoms with E-state index in [4.69, 9.17) is 4.74 Å². The van der Waals surface area contributed by atoms with Crippen molar-refractivity contribution < 1.29 is 4.74 Å². The second kappa shape index (κ2) is 5.17. The van der Waals surface area contributed by atoms with Crippen LogP contribution in [0, 0.1) is 0 Å². The zero-order valence-electron chi connectivity index (χ0n) is 11.1. The van der Waals surface area contributed by atoms with Gasteiger partial charge in [0.15, 0.2) is 0 Å². The summed E-state index contributed by atoms with van der Waals surface area (Å²) in [6.45, 7) is 2.54. The normalized spacial score (nSPS) is 10.7. The first kappa shape index (κ1) is 12.4. The molecule has 4 heteroatoms. The molecular formula is C16H14N2O2. The highest BCUT2D eigenvalue weighted by Crippen LogP contribution is 2.21. The average molecular weight is 266 g/mol. The summed E-state index contributed by atoms with van der Waals surface area (Å²) in [5, 5.41) is 0.595. The minimum atomic E-state index is -0.132. The zero-order valence-corrected chi connectivity index (χ0v) is 11.1. The van der Waals surface area contributed by atoms with Crippen molar-refractivity contribution >= 4 is 10.9 Å². The van der Waals surface area contributed by atoms with Gasteiger partial charge in [0.2, 0.25) is 0 Å². The molecule has 3 rings (SSSR count). The van der Waals surface area contributed by atoms with Crippen LogP contribution in [0.5, 0.6) is 5.75 Å². The van der Waals surface area contributed by atoms with Crippen molar-refractivity contribution in [1.29, 1.82) is 0 Å². The fourth-order valence-electron chi connectivity index (χ4n) is 2.12. The molecule has 0 aliphatic heterocycles. The van der Waals surface area contributed by atoms with Crippen LogP contribution < -0.4 is 10.3 Å². The van der Waals surface area contributed by atoms with Gasteiger partial charge in [-0.15, -0.1) is 0 Å². The maximum Gasteiger partial charge on any atom is 0.259 e. The molecule has 0 spiro atoms. The van der Waals surface area contributed by atoms with Crippen LogP contribution in [0.4, 0.5) is 0 Å². The van der Waals surface area contributed by atoms with E-state index in [0.717, 1.165) is 11.3 Å². The van der Waals surface area contributed by atoms with Gasteiger partial charge in [0.25, 0.3) is 5.56 Å². The number of ether oxygens (including phenoxy) is 1. The van der Waals surface area contributed by atoms with Crippen molar-refractivity contribution in [2.24, 2.45) is 0 Å². The van der Waals surface area contributed by atoms with Gasteiger partial charge in [-0.25, -0.2) is 4.98 Å². The standard InChI is InChI=1S/C16H14N2O2/c1-2-20-12-7-5-6-11(10-12)15-17-14-9-4-3-8-13(14)16(19)18-15/h3-10H,2H2,1H3,(H,17,18,19). The predicted molar refractivity (Wildman–Crippen MR) is 79.0 cm³/mol. The van der Waals surface area contributed by atoms with Gasteiger partial charge in [-0.05, 0) is 31.2 Å². The molecule has 0 saturated heterocycles. The molecule has 2 aromatic carbocycles. The first-order valence-electron chi connectivity index (χ1n) is 6.50. The Hall–Kier alpha value is -2.62. The van der Waals surface area contributed by atoms with E-state index in [9.17, 15) is 4.79 Å². The number of nitrogens with zero attached hydrogens (tertiary/aromatic N) is 1. The van der Waals surface area contributed by atoms with E-state index < -0.39 is 0 Å². The van der Waals surface area contributed by atoms with Crippen molar-refractivity contribution in [2.75, 3.05) is 6.61 Å². The van der Waals surface area contributed by atoms with Gasteiger partial charge in [-0.2, -0.15) is 0 Å². The van der Waals surface area contributed by atoms with Gasteiger partial charge in [0.05, 0.1) is 17.5 Å². The highest BCUT2D eigenvalue weighted by atomic mass is 16.5. The van der Waals surface area contributed by atoms with Crippen molar-refractivity contribution in [1.82, 2.24) is 9.97 Å². The second-order valence-electron chi connectivity index (χ2n) is 4.39. The fraction of sp³-hybridized carbons (Fsp3) is 0.125. The minimum absolute atomic E-state index is 0.132. The van der Waals surface area contributed by atoms with Gasteiger partial charge < -0.3 is 9.72 Å². The first-order chi connectivity index (χ1) is 9.78. The fourth-order valence-corrected chi connectivity index (χ4v) is 2.12. The lowest BCUT2D eigenvalue weighted by Gasteiger charge is -2.06. The molecular weight excluding hydrogens is 252 g/mol. The lowest BCUT2D eigenvalue weighted by Crippen LogP contribution is -2.09. The third-order valence-corrected chi connectivity index (χ3v) is 3.03. The number of aromatic nitrogens is 2. The number of hydrogen-bond donors (Lipinski definition) is 1. The molecule has 0 bridgehead atoms. The molecule has 0 aliphatic rings. The number of fused-ring (bicyclic) bond motifs is 1. The zero-order chi connectivity index (χ0) is 13.9. The molecule has 1 N–H and O–H groups in total. The molecule has 3 aromatic rings. The van der Waals surface area contributed by atoms with Gasteiger partial charge in [0, 0.05) is 5.56 Å². The summed E-state index contributed by atoms with van der Waals surface area (Å²) in [6, 6.07) is 14.8. The predicted octanol–water partition coefficient (Wildman–Crippen LogP) is 2.99. The van der Waals surface area contributed by atoms with E-state index >= 15 is 0 Å². The van der Waals surface area contributed by atoms with E-state index in [0.29, 0.717) is 23.3 Å². The molecule has 0 aliphatic carbocycles. The molecule has 1 heterocycles. The lowest BCUT2D eigenvalue weighted by atomic mass is 10.2. The largest absolute Gasteiger partial charge is 0.494 e. The van der Waals surface area contributed by atoms with Crippen LogP contribution in [0.2, 0.25) is 0 Å². The third kappa shape index (κ3) is 2.28. The summed E-state index contributed by atoms with van der Waals surface area (Å²) in [6.07, 6.45) is 0. The monoisotopic (exact) mass is 266 g/mol. The molecule has 0 radical (unpaired) electrons. The average Bonchev–Trinajstić information content (AvgIpc) is 2.48. The number of aromatic amines is 1. The Kier molecular flexibility index (Phi) is 3.21. The van der Waals surface area contributed by atoms with Crippen LogP contribution in [0.25, 0.3) is 22.3 Å². The number of para-hydroxylation sites is 1. The Morgan fingerprint density at radius 3 is 2.85 bits per heavy atom. The van der Waals surface area contributed by atoms with Crippen LogP contribution in [0.1, 0.15) is 6.92 Å². The molecule has 0 fully saturated rings. The molecule has 1 aromatic heterocycles. The number of rotatable bonds is 3. The quantitative estimate of drug-likeness (QED) is 0.793. The SMILES string of the molecule is CCOc1cccc(-c2nc3ccccc3c(=O)[nH]2)c1. The van der Waals surface area contributed by atoms with Gasteiger partial charge >= 0.3 is 0 Å². The van der Waals surface area contributed by atoms with Crippen LogP contribution in [-0.4, -0.2) is 16.6 Å². The van der Waals surface area contributed by atoms with E-state index in [1.54, 1.807) is 6.07 Å². The summed E-state index contributed by atoms with van der Waals surface area (Å²) in [4.78, 5) is 19.4. The van der Waals surface area contributed by atoms with Crippen molar-refractivity contribution in [3.8, 4) is 17.1 Å². The third-order valence-electron chi connectivity index (χ3n) is 3.03. The summed E-state index contributed by atoms with van der Waals surface area (Å²) in [7, 11) is 0. The maximum atomic E-state index is 12.1. The Labute approximate surface area is 116 Å². The molecule has 20 heavy (non-hydrogen) atoms. The van der Waals surface area contributed by atoms with Crippen molar-refractivity contribution in [2.45, 2.75) is 6.92 Å². The Balaban J connectivity index is 2.14.